The number of piperidine rings is 1. The molecule has 0 aliphatic carbocycles. The highest BCUT2D eigenvalue weighted by Crippen LogP contribution is 2.26. The van der Waals surface area contributed by atoms with E-state index in [1.54, 1.807) is 4.90 Å². The Balaban J connectivity index is 2.27. The zero-order valence-corrected chi connectivity index (χ0v) is 14.2. The number of amides is 1. The fourth-order valence-electron chi connectivity index (χ4n) is 2.17. The molecule has 0 aromatic rings. The second-order valence-corrected chi connectivity index (χ2v) is 6.93. The Labute approximate surface area is 135 Å². The predicted molar refractivity (Wildman–Crippen MR) is 78.3 cm³/mol. The molecule has 5 nitrogen and oxygen atoms in total. The van der Waals surface area contributed by atoms with Crippen LogP contribution in [0, 0.1) is 0 Å². The molecule has 0 spiro atoms. The van der Waals surface area contributed by atoms with Crippen molar-refractivity contribution in [2.24, 2.45) is 0 Å². The molecule has 0 radical (unpaired) electrons. The van der Waals surface area contributed by atoms with E-state index in [1.807, 2.05) is 27.7 Å². The third-order valence-electron chi connectivity index (χ3n) is 3.42. The number of nitrogens with zero attached hydrogens (tertiary/aromatic N) is 1. The number of halogens is 3. The van der Waals surface area contributed by atoms with Crippen molar-refractivity contribution in [3.05, 3.63) is 0 Å². The zero-order valence-electron chi connectivity index (χ0n) is 14.2. The van der Waals surface area contributed by atoms with E-state index in [2.05, 4.69) is 4.74 Å². The van der Waals surface area contributed by atoms with E-state index in [-0.39, 0.29) is 19.3 Å². The number of ether oxygens (including phenoxy) is 3. The van der Waals surface area contributed by atoms with Crippen LogP contribution in [-0.4, -0.2) is 61.3 Å². The van der Waals surface area contributed by atoms with Crippen LogP contribution in [0.2, 0.25) is 0 Å². The van der Waals surface area contributed by atoms with Gasteiger partial charge in [-0.1, -0.05) is 0 Å². The van der Waals surface area contributed by atoms with E-state index >= 15 is 0 Å². The lowest BCUT2D eigenvalue weighted by molar-refractivity contribution is -0.180. The largest absolute Gasteiger partial charge is 0.444 e. The normalized spacial score (nSPS) is 18.8. The Bertz CT molecular complexity index is 385. The van der Waals surface area contributed by atoms with Gasteiger partial charge in [0.15, 0.2) is 0 Å². The van der Waals surface area contributed by atoms with Gasteiger partial charge in [0.25, 0.3) is 0 Å². The molecule has 1 aliphatic heterocycles. The van der Waals surface area contributed by atoms with Crippen molar-refractivity contribution in [3.63, 3.8) is 0 Å². The van der Waals surface area contributed by atoms with Gasteiger partial charge in [0, 0.05) is 13.1 Å². The van der Waals surface area contributed by atoms with Gasteiger partial charge >= 0.3 is 12.3 Å². The molecule has 0 aromatic heterocycles. The number of likely N-dealkylation sites (tertiary alicyclic amines) is 1. The van der Waals surface area contributed by atoms with E-state index < -0.39 is 24.0 Å². The summed E-state index contributed by atoms with van der Waals surface area (Å²) < 4.78 is 51.3. The van der Waals surface area contributed by atoms with Crippen molar-refractivity contribution in [1.82, 2.24) is 4.90 Å². The summed E-state index contributed by atoms with van der Waals surface area (Å²) in [6.45, 7) is 7.03. The summed E-state index contributed by atoms with van der Waals surface area (Å²) in [7, 11) is 0. The van der Waals surface area contributed by atoms with Gasteiger partial charge in [0.2, 0.25) is 0 Å². The minimum absolute atomic E-state index is 0.0962. The van der Waals surface area contributed by atoms with Gasteiger partial charge in [0.1, 0.15) is 12.2 Å². The summed E-state index contributed by atoms with van der Waals surface area (Å²) in [5.74, 6) is 0. The molecule has 1 heterocycles. The lowest BCUT2D eigenvalue weighted by Crippen LogP contribution is -2.48. The molecule has 0 aromatic carbocycles. The van der Waals surface area contributed by atoms with Gasteiger partial charge in [-0.25, -0.2) is 4.79 Å². The molecule has 1 aliphatic rings. The van der Waals surface area contributed by atoms with Crippen LogP contribution in [0.5, 0.6) is 0 Å². The van der Waals surface area contributed by atoms with Crippen LogP contribution in [0.15, 0.2) is 0 Å². The van der Waals surface area contributed by atoms with Crippen molar-refractivity contribution in [2.75, 3.05) is 32.9 Å². The lowest BCUT2D eigenvalue weighted by Gasteiger charge is -2.39. The maximum Gasteiger partial charge on any atom is 0.411 e. The molecule has 1 amide bonds. The molecular formula is C15H26F3NO4. The highest BCUT2D eigenvalue weighted by molar-refractivity contribution is 5.68. The Morgan fingerprint density at radius 3 is 2.17 bits per heavy atom. The summed E-state index contributed by atoms with van der Waals surface area (Å²) in [6.07, 6.45) is -3.47. The average Bonchev–Trinajstić information content (AvgIpc) is 2.35. The molecule has 0 unspecified atom stereocenters. The van der Waals surface area contributed by atoms with E-state index in [4.69, 9.17) is 9.47 Å². The van der Waals surface area contributed by atoms with Gasteiger partial charge in [0.05, 0.1) is 18.8 Å². The van der Waals surface area contributed by atoms with Gasteiger partial charge in [-0.05, 0) is 40.5 Å². The van der Waals surface area contributed by atoms with Crippen LogP contribution in [0.1, 0.15) is 40.5 Å². The molecule has 0 atom stereocenters. The Morgan fingerprint density at radius 1 is 1.13 bits per heavy atom. The highest BCUT2D eigenvalue weighted by atomic mass is 19.4. The van der Waals surface area contributed by atoms with Crippen LogP contribution < -0.4 is 0 Å². The number of carbonyl (C=O) groups excluding carboxylic acids is 1. The minimum Gasteiger partial charge on any atom is -0.444 e. The number of hydrogen-bond acceptors (Lipinski definition) is 4. The monoisotopic (exact) mass is 341 g/mol. The molecule has 8 heteroatoms. The van der Waals surface area contributed by atoms with Crippen LogP contribution in [0.3, 0.4) is 0 Å². The summed E-state index contributed by atoms with van der Waals surface area (Å²) >= 11 is 0. The number of carbonyl (C=O) groups is 1. The van der Waals surface area contributed by atoms with Crippen LogP contribution in [-0.2, 0) is 14.2 Å². The molecule has 1 fully saturated rings. The summed E-state index contributed by atoms with van der Waals surface area (Å²) in [5, 5.41) is 0. The first kappa shape index (κ1) is 20.0. The van der Waals surface area contributed by atoms with Crippen molar-refractivity contribution in [1.29, 1.82) is 0 Å². The third kappa shape index (κ3) is 8.41. The van der Waals surface area contributed by atoms with Crippen molar-refractivity contribution < 1.29 is 32.2 Å². The highest BCUT2D eigenvalue weighted by Gasteiger charge is 2.34. The van der Waals surface area contributed by atoms with Crippen molar-refractivity contribution >= 4 is 6.09 Å². The van der Waals surface area contributed by atoms with E-state index in [9.17, 15) is 18.0 Å². The second kappa shape index (κ2) is 7.70. The summed E-state index contributed by atoms with van der Waals surface area (Å²) in [5.41, 5.74) is -0.996. The maximum absolute atomic E-state index is 12.0. The predicted octanol–water partition coefficient (Wildman–Crippen LogP) is 3.37. The van der Waals surface area contributed by atoms with Crippen molar-refractivity contribution in [2.45, 2.75) is 57.9 Å². The topological polar surface area (TPSA) is 48.0 Å². The second-order valence-electron chi connectivity index (χ2n) is 6.93. The van der Waals surface area contributed by atoms with E-state index in [0.29, 0.717) is 25.9 Å². The van der Waals surface area contributed by atoms with Gasteiger partial charge < -0.3 is 19.1 Å². The molecule has 0 N–H and O–H groups in total. The van der Waals surface area contributed by atoms with Crippen molar-refractivity contribution in [3.8, 4) is 0 Å². The average molecular weight is 341 g/mol. The maximum atomic E-state index is 12.0. The van der Waals surface area contributed by atoms with Gasteiger partial charge in [-0.15, -0.1) is 0 Å². The smallest absolute Gasteiger partial charge is 0.411 e. The number of hydrogen-bond donors (Lipinski definition) is 0. The van der Waals surface area contributed by atoms with Gasteiger partial charge in [-0.2, -0.15) is 13.2 Å². The number of rotatable bonds is 5. The first-order chi connectivity index (χ1) is 10.4. The van der Waals surface area contributed by atoms with Crippen LogP contribution in [0.25, 0.3) is 0 Å². The van der Waals surface area contributed by atoms with E-state index in [1.165, 1.54) is 0 Å². The first-order valence-corrected chi connectivity index (χ1v) is 7.67. The van der Waals surface area contributed by atoms with Crippen LogP contribution in [0.4, 0.5) is 18.0 Å². The number of alkyl halides is 3. The zero-order chi connectivity index (χ0) is 17.7. The fraction of sp³-hybridized carbons (Fsp3) is 0.933. The standard InChI is InChI=1S/C15H26F3NO4/c1-13(2,3)23-12(20)19-7-5-14(4,6-8-19)22-10-9-21-11-15(16,17)18/h5-11H2,1-4H3. The Kier molecular flexibility index (Phi) is 6.70. The first-order valence-electron chi connectivity index (χ1n) is 7.67. The molecular weight excluding hydrogens is 315 g/mol. The molecule has 0 bridgehead atoms. The molecule has 136 valence electrons. The van der Waals surface area contributed by atoms with E-state index in [0.717, 1.165) is 0 Å². The quantitative estimate of drug-likeness (QED) is 0.720. The molecule has 0 saturated carbocycles. The third-order valence-corrected chi connectivity index (χ3v) is 3.42. The molecule has 23 heavy (non-hydrogen) atoms. The van der Waals surface area contributed by atoms with Crippen LogP contribution >= 0.6 is 0 Å². The Hall–Kier alpha value is -1.02. The summed E-state index contributed by atoms with van der Waals surface area (Å²) in [4.78, 5) is 13.6. The SMILES string of the molecule is CC(C)(C)OC(=O)N1CCC(C)(OCCOCC(F)(F)F)CC1. The minimum atomic E-state index is -4.32. The molecule has 1 saturated heterocycles. The lowest BCUT2D eigenvalue weighted by atomic mass is 9.93. The summed E-state index contributed by atoms with van der Waals surface area (Å²) in [6, 6.07) is 0. The Morgan fingerprint density at radius 2 is 1.70 bits per heavy atom. The molecule has 1 rings (SSSR count). The fourth-order valence-corrected chi connectivity index (χ4v) is 2.17. The van der Waals surface area contributed by atoms with Gasteiger partial charge in [-0.3, -0.25) is 0 Å².